The van der Waals surface area contributed by atoms with E-state index in [2.05, 4.69) is 31.9 Å². The maximum atomic E-state index is 12.7. The predicted molar refractivity (Wildman–Crippen MR) is 85.6 cm³/mol. The van der Waals surface area contributed by atoms with Crippen LogP contribution in [0.4, 0.5) is 0 Å². The second-order valence-corrected chi connectivity index (χ2v) is 8.72. The number of hydrogen-bond acceptors (Lipinski definition) is 3. The summed E-state index contributed by atoms with van der Waals surface area (Å²) < 4.78 is 28.0. The largest absolute Gasteiger partial charge is 0.481 e. The third-order valence-electron chi connectivity index (χ3n) is 3.46. The SMILES string of the molecule is O=C(O)CC1CCCN(S(=O)(=O)c2cc(Br)ccc2Br)C1. The molecule has 1 N–H and O–H groups in total. The standard InChI is InChI=1S/C13H15Br2NO4S/c14-10-3-4-11(15)12(7-10)21(19,20)16-5-1-2-9(8-16)6-13(17)18/h3-4,7,9H,1-2,5-6,8H2,(H,17,18). The van der Waals surface area contributed by atoms with Crippen LogP contribution in [0.5, 0.6) is 0 Å². The molecule has 1 unspecified atom stereocenters. The highest BCUT2D eigenvalue weighted by molar-refractivity contribution is 9.11. The molecule has 1 heterocycles. The van der Waals surface area contributed by atoms with Gasteiger partial charge in [0.25, 0.3) is 0 Å². The minimum Gasteiger partial charge on any atom is -0.481 e. The van der Waals surface area contributed by atoms with Crippen LogP contribution in [0, 0.1) is 5.92 Å². The van der Waals surface area contributed by atoms with Gasteiger partial charge in [0.15, 0.2) is 0 Å². The molecule has 5 nitrogen and oxygen atoms in total. The number of carboxylic acid groups (broad SMARTS) is 1. The van der Waals surface area contributed by atoms with E-state index in [1.165, 1.54) is 4.31 Å². The van der Waals surface area contributed by atoms with Gasteiger partial charge in [-0.1, -0.05) is 15.9 Å². The van der Waals surface area contributed by atoms with Crippen molar-refractivity contribution in [2.45, 2.75) is 24.2 Å². The summed E-state index contributed by atoms with van der Waals surface area (Å²) in [7, 11) is -3.62. The average Bonchev–Trinajstić information content (AvgIpc) is 2.41. The number of piperidine rings is 1. The van der Waals surface area contributed by atoms with E-state index in [0.717, 1.165) is 6.42 Å². The molecule has 0 saturated carbocycles. The third-order valence-corrected chi connectivity index (χ3v) is 6.81. The lowest BCUT2D eigenvalue weighted by Crippen LogP contribution is -2.40. The van der Waals surface area contributed by atoms with Crippen LogP contribution in [0.2, 0.25) is 0 Å². The first-order chi connectivity index (χ1) is 9.80. The van der Waals surface area contributed by atoms with Crippen LogP contribution in [-0.4, -0.2) is 36.9 Å². The average molecular weight is 441 g/mol. The monoisotopic (exact) mass is 439 g/mol. The van der Waals surface area contributed by atoms with E-state index in [1.807, 2.05) is 0 Å². The number of halogens is 2. The molecule has 0 aromatic heterocycles. The summed E-state index contributed by atoms with van der Waals surface area (Å²) in [4.78, 5) is 11.0. The summed E-state index contributed by atoms with van der Waals surface area (Å²) in [6.07, 6.45) is 1.44. The van der Waals surface area contributed by atoms with E-state index >= 15 is 0 Å². The number of aliphatic carboxylic acids is 1. The zero-order valence-electron chi connectivity index (χ0n) is 11.1. The molecule has 0 bridgehead atoms. The number of nitrogens with zero attached hydrogens (tertiary/aromatic N) is 1. The zero-order chi connectivity index (χ0) is 15.6. The molecule has 1 atom stereocenters. The Morgan fingerprint density at radius 1 is 1.38 bits per heavy atom. The topological polar surface area (TPSA) is 74.7 Å². The highest BCUT2D eigenvalue weighted by atomic mass is 79.9. The molecule has 1 aromatic carbocycles. The van der Waals surface area contributed by atoms with Crippen LogP contribution >= 0.6 is 31.9 Å². The number of benzene rings is 1. The molecule has 21 heavy (non-hydrogen) atoms. The quantitative estimate of drug-likeness (QED) is 0.780. The third kappa shape index (κ3) is 4.06. The van der Waals surface area contributed by atoms with Crippen molar-refractivity contribution in [1.29, 1.82) is 0 Å². The van der Waals surface area contributed by atoms with Gasteiger partial charge in [-0.3, -0.25) is 4.79 Å². The fourth-order valence-electron chi connectivity index (χ4n) is 2.47. The highest BCUT2D eigenvalue weighted by Gasteiger charge is 2.32. The number of carboxylic acids is 1. The Hall–Kier alpha value is -0.440. The lowest BCUT2D eigenvalue weighted by atomic mass is 9.96. The Morgan fingerprint density at radius 3 is 2.76 bits per heavy atom. The molecule has 2 rings (SSSR count). The van der Waals surface area contributed by atoms with E-state index in [1.54, 1.807) is 18.2 Å². The fourth-order valence-corrected chi connectivity index (χ4v) is 5.49. The van der Waals surface area contributed by atoms with Gasteiger partial charge in [0, 0.05) is 28.5 Å². The Balaban J connectivity index is 2.26. The van der Waals surface area contributed by atoms with Crippen molar-refractivity contribution in [3.05, 3.63) is 27.1 Å². The zero-order valence-corrected chi connectivity index (χ0v) is 15.1. The van der Waals surface area contributed by atoms with Gasteiger partial charge in [0.1, 0.15) is 0 Å². The van der Waals surface area contributed by atoms with E-state index in [-0.39, 0.29) is 23.8 Å². The maximum absolute atomic E-state index is 12.7. The fraction of sp³-hybridized carbons (Fsp3) is 0.462. The van der Waals surface area contributed by atoms with Crippen molar-refractivity contribution < 1.29 is 18.3 Å². The molecule has 1 aliphatic rings. The summed E-state index contributed by atoms with van der Waals surface area (Å²) >= 11 is 6.54. The lowest BCUT2D eigenvalue weighted by Gasteiger charge is -2.31. The van der Waals surface area contributed by atoms with Crippen molar-refractivity contribution >= 4 is 47.9 Å². The number of rotatable bonds is 4. The Bertz CT molecular complexity index is 648. The van der Waals surface area contributed by atoms with Crippen molar-refractivity contribution in [2.24, 2.45) is 5.92 Å². The smallest absolute Gasteiger partial charge is 0.303 e. The van der Waals surface area contributed by atoms with E-state index in [9.17, 15) is 13.2 Å². The second-order valence-electron chi connectivity index (χ2n) is 5.04. The predicted octanol–water partition coefficient (Wildman–Crippen LogP) is 3.09. The number of carbonyl (C=O) groups is 1. The van der Waals surface area contributed by atoms with Gasteiger partial charge >= 0.3 is 5.97 Å². The van der Waals surface area contributed by atoms with Gasteiger partial charge < -0.3 is 5.11 Å². The van der Waals surface area contributed by atoms with Crippen molar-refractivity contribution in [1.82, 2.24) is 4.31 Å². The summed E-state index contributed by atoms with van der Waals surface area (Å²) in [5.74, 6) is -1.01. The Morgan fingerprint density at radius 2 is 2.10 bits per heavy atom. The molecule has 1 aromatic rings. The first-order valence-corrected chi connectivity index (χ1v) is 9.50. The highest BCUT2D eigenvalue weighted by Crippen LogP contribution is 2.31. The van der Waals surface area contributed by atoms with Crippen LogP contribution in [0.3, 0.4) is 0 Å². The maximum Gasteiger partial charge on any atom is 0.303 e. The summed E-state index contributed by atoms with van der Waals surface area (Å²) in [5.41, 5.74) is 0. The van der Waals surface area contributed by atoms with Crippen molar-refractivity contribution in [2.75, 3.05) is 13.1 Å². The first kappa shape index (κ1) is 16.9. The Labute approximate surface area is 140 Å². The number of hydrogen-bond donors (Lipinski definition) is 1. The van der Waals surface area contributed by atoms with E-state index < -0.39 is 16.0 Å². The molecule has 1 fully saturated rings. The van der Waals surface area contributed by atoms with Gasteiger partial charge in [-0.2, -0.15) is 4.31 Å². The molecular weight excluding hydrogens is 426 g/mol. The van der Waals surface area contributed by atoms with Gasteiger partial charge in [-0.25, -0.2) is 8.42 Å². The molecule has 0 aliphatic carbocycles. The molecule has 1 aliphatic heterocycles. The van der Waals surface area contributed by atoms with Crippen molar-refractivity contribution in [3.8, 4) is 0 Å². The normalized spacial score (nSPS) is 20.4. The Kier molecular flexibility index (Phi) is 5.45. The molecule has 0 amide bonds. The van der Waals surface area contributed by atoms with Crippen LogP contribution in [-0.2, 0) is 14.8 Å². The lowest BCUT2D eigenvalue weighted by molar-refractivity contribution is -0.138. The van der Waals surface area contributed by atoms with Crippen LogP contribution < -0.4 is 0 Å². The van der Waals surface area contributed by atoms with E-state index in [0.29, 0.717) is 21.9 Å². The minimum absolute atomic E-state index is 0.00563. The van der Waals surface area contributed by atoms with Gasteiger partial charge in [-0.05, 0) is 52.9 Å². The van der Waals surface area contributed by atoms with Gasteiger partial charge in [0.2, 0.25) is 10.0 Å². The summed E-state index contributed by atoms with van der Waals surface area (Å²) in [6, 6.07) is 4.99. The molecule has 8 heteroatoms. The van der Waals surface area contributed by atoms with Crippen LogP contribution in [0.1, 0.15) is 19.3 Å². The number of sulfonamides is 1. The second kappa shape index (κ2) is 6.76. The molecule has 0 spiro atoms. The van der Waals surface area contributed by atoms with Gasteiger partial charge in [0.05, 0.1) is 4.90 Å². The molecular formula is C13H15Br2NO4S. The molecule has 116 valence electrons. The molecule has 0 radical (unpaired) electrons. The van der Waals surface area contributed by atoms with E-state index in [4.69, 9.17) is 5.11 Å². The summed E-state index contributed by atoms with van der Waals surface area (Å²) in [5, 5.41) is 8.87. The summed E-state index contributed by atoms with van der Waals surface area (Å²) in [6.45, 7) is 0.686. The van der Waals surface area contributed by atoms with Gasteiger partial charge in [-0.15, -0.1) is 0 Å². The minimum atomic E-state index is -3.62. The van der Waals surface area contributed by atoms with Crippen LogP contribution in [0.25, 0.3) is 0 Å². The van der Waals surface area contributed by atoms with Crippen LogP contribution in [0.15, 0.2) is 32.0 Å². The van der Waals surface area contributed by atoms with Crippen molar-refractivity contribution in [3.63, 3.8) is 0 Å². The molecule has 1 saturated heterocycles. The first-order valence-electron chi connectivity index (χ1n) is 6.47.